The second-order valence-electron chi connectivity index (χ2n) is 6.37. The molecule has 0 radical (unpaired) electrons. The number of benzene rings is 1. The largest absolute Gasteiger partial charge is 0.355 e. The summed E-state index contributed by atoms with van der Waals surface area (Å²) >= 11 is 0. The molecule has 1 fully saturated rings. The molecule has 2 heteroatoms. The Morgan fingerprint density at radius 3 is 2.55 bits per heavy atom. The predicted molar refractivity (Wildman–Crippen MR) is 83.7 cm³/mol. The van der Waals surface area contributed by atoms with Gasteiger partial charge in [0.2, 0.25) is 5.91 Å². The average Bonchev–Trinajstić information content (AvgIpc) is 2.39. The lowest BCUT2D eigenvalue weighted by atomic mass is 9.64. The van der Waals surface area contributed by atoms with Gasteiger partial charge in [-0.15, -0.1) is 0 Å². The zero-order valence-corrected chi connectivity index (χ0v) is 12.8. The molecule has 1 aliphatic carbocycles. The van der Waals surface area contributed by atoms with E-state index in [1.807, 2.05) is 0 Å². The lowest BCUT2D eigenvalue weighted by Gasteiger charge is -2.42. The van der Waals surface area contributed by atoms with Crippen LogP contribution in [0.4, 0.5) is 0 Å². The van der Waals surface area contributed by atoms with Gasteiger partial charge in [-0.25, -0.2) is 0 Å². The summed E-state index contributed by atoms with van der Waals surface area (Å²) in [5, 5.41) is 3.17. The van der Waals surface area contributed by atoms with Crippen LogP contribution in [0.5, 0.6) is 0 Å². The molecule has 1 atom stereocenters. The van der Waals surface area contributed by atoms with Crippen LogP contribution >= 0.6 is 0 Å². The van der Waals surface area contributed by atoms with Gasteiger partial charge in [0, 0.05) is 18.4 Å². The van der Waals surface area contributed by atoms with Gasteiger partial charge in [0.1, 0.15) is 0 Å². The molecule has 0 aromatic heterocycles. The molecule has 1 aromatic rings. The molecule has 1 aromatic carbocycles. The van der Waals surface area contributed by atoms with Crippen LogP contribution in [0.2, 0.25) is 0 Å². The third kappa shape index (κ3) is 3.62. The SMILES string of the molecule is CCCC(C)CC(=O)NCC1(c2ccccc2)CCC1. The second kappa shape index (κ2) is 6.92. The van der Waals surface area contributed by atoms with E-state index in [1.54, 1.807) is 0 Å². The number of nitrogens with one attached hydrogen (secondary N) is 1. The highest BCUT2D eigenvalue weighted by Gasteiger charge is 2.38. The van der Waals surface area contributed by atoms with Crippen LogP contribution < -0.4 is 5.32 Å². The Balaban J connectivity index is 1.87. The van der Waals surface area contributed by atoms with E-state index in [2.05, 4.69) is 49.5 Å². The molecule has 0 spiro atoms. The first kappa shape index (κ1) is 15.1. The summed E-state index contributed by atoms with van der Waals surface area (Å²) in [6.07, 6.45) is 6.62. The molecule has 110 valence electrons. The molecular weight excluding hydrogens is 246 g/mol. The van der Waals surface area contributed by atoms with E-state index in [4.69, 9.17) is 0 Å². The van der Waals surface area contributed by atoms with Gasteiger partial charge in [-0.05, 0) is 24.3 Å². The minimum Gasteiger partial charge on any atom is -0.355 e. The first-order valence-electron chi connectivity index (χ1n) is 7.98. The molecule has 1 N–H and O–H groups in total. The van der Waals surface area contributed by atoms with Crippen LogP contribution in [-0.2, 0) is 10.2 Å². The molecule has 1 amide bonds. The van der Waals surface area contributed by atoms with E-state index in [0.717, 1.165) is 19.4 Å². The van der Waals surface area contributed by atoms with Crippen LogP contribution in [0.25, 0.3) is 0 Å². The summed E-state index contributed by atoms with van der Waals surface area (Å²) in [6, 6.07) is 10.7. The summed E-state index contributed by atoms with van der Waals surface area (Å²) in [5.41, 5.74) is 1.58. The smallest absolute Gasteiger partial charge is 0.220 e. The second-order valence-corrected chi connectivity index (χ2v) is 6.37. The van der Waals surface area contributed by atoms with Gasteiger partial charge in [-0.1, -0.05) is 63.4 Å². The summed E-state index contributed by atoms with van der Waals surface area (Å²) in [5.74, 6) is 0.710. The molecule has 1 aliphatic rings. The highest BCUT2D eigenvalue weighted by molar-refractivity contribution is 5.76. The number of amides is 1. The lowest BCUT2D eigenvalue weighted by Crippen LogP contribution is -2.45. The van der Waals surface area contributed by atoms with E-state index in [-0.39, 0.29) is 11.3 Å². The molecule has 0 saturated heterocycles. The highest BCUT2D eigenvalue weighted by Crippen LogP contribution is 2.43. The maximum Gasteiger partial charge on any atom is 0.220 e. The Kier molecular flexibility index (Phi) is 5.22. The first-order chi connectivity index (χ1) is 9.66. The fourth-order valence-electron chi connectivity index (χ4n) is 3.21. The monoisotopic (exact) mass is 273 g/mol. The Bertz CT molecular complexity index is 422. The van der Waals surface area contributed by atoms with E-state index < -0.39 is 0 Å². The van der Waals surface area contributed by atoms with Crippen LogP contribution in [0, 0.1) is 5.92 Å². The third-order valence-electron chi connectivity index (χ3n) is 4.64. The van der Waals surface area contributed by atoms with Gasteiger partial charge >= 0.3 is 0 Å². The van der Waals surface area contributed by atoms with Gasteiger partial charge in [0.15, 0.2) is 0 Å². The molecule has 1 unspecified atom stereocenters. The van der Waals surface area contributed by atoms with E-state index in [9.17, 15) is 4.79 Å². The van der Waals surface area contributed by atoms with Crippen LogP contribution in [0.1, 0.15) is 57.9 Å². The average molecular weight is 273 g/mol. The van der Waals surface area contributed by atoms with Gasteiger partial charge < -0.3 is 5.32 Å². The molecular formula is C18H27NO. The predicted octanol–water partition coefficient (Wildman–Crippen LogP) is 4.05. The Labute approximate surface area is 123 Å². The number of carbonyl (C=O) groups is 1. The van der Waals surface area contributed by atoms with Crippen molar-refractivity contribution in [1.82, 2.24) is 5.32 Å². The van der Waals surface area contributed by atoms with Crippen molar-refractivity contribution in [3.8, 4) is 0 Å². The minimum atomic E-state index is 0.199. The highest BCUT2D eigenvalue weighted by atomic mass is 16.1. The van der Waals surface area contributed by atoms with Crippen molar-refractivity contribution in [2.45, 2.75) is 57.8 Å². The van der Waals surface area contributed by atoms with Crippen LogP contribution in [-0.4, -0.2) is 12.5 Å². The van der Waals surface area contributed by atoms with Crippen molar-refractivity contribution in [2.75, 3.05) is 6.54 Å². The molecule has 2 rings (SSSR count). The fourth-order valence-corrected chi connectivity index (χ4v) is 3.21. The van der Waals surface area contributed by atoms with E-state index in [1.165, 1.54) is 24.8 Å². The molecule has 1 saturated carbocycles. The van der Waals surface area contributed by atoms with Crippen molar-refractivity contribution >= 4 is 5.91 Å². The Morgan fingerprint density at radius 1 is 1.30 bits per heavy atom. The van der Waals surface area contributed by atoms with Crippen molar-refractivity contribution in [3.63, 3.8) is 0 Å². The topological polar surface area (TPSA) is 29.1 Å². The zero-order valence-electron chi connectivity index (χ0n) is 12.8. The van der Waals surface area contributed by atoms with Gasteiger partial charge in [-0.2, -0.15) is 0 Å². The summed E-state index contributed by atoms with van der Waals surface area (Å²) in [7, 11) is 0. The van der Waals surface area contributed by atoms with E-state index in [0.29, 0.717) is 12.3 Å². The van der Waals surface area contributed by atoms with Gasteiger partial charge in [0.25, 0.3) is 0 Å². The van der Waals surface area contributed by atoms with Crippen molar-refractivity contribution in [1.29, 1.82) is 0 Å². The van der Waals surface area contributed by atoms with Gasteiger partial charge in [0.05, 0.1) is 0 Å². The molecule has 0 heterocycles. The number of hydrogen-bond acceptors (Lipinski definition) is 1. The normalized spacial score (nSPS) is 18.1. The molecule has 2 nitrogen and oxygen atoms in total. The number of rotatable bonds is 7. The number of hydrogen-bond donors (Lipinski definition) is 1. The maximum absolute atomic E-state index is 12.0. The molecule has 20 heavy (non-hydrogen) atoms. The van der Waals surface area contributed by atoms with Crippen molar-refractivity contribution < 1.29 is 4.79 Å². The Hall–Kier alpha value is -1.31. The Morgan fingerprint density at radius 2 is 2.00 bits per heavy atom. The number of carbonyl (C=O) groups excluding carboxylic acids is 1. The third-order valence-corrected chi connectivity index (χ3v) is 4.64. The zero-order chi connectivity index (χ0) is 14.4. The fraction of sp³-hybridized carbons (Fsp3) is 0.611. The van der Waals surface area contributed by atoms with Crippen molar-refractivity contribution in [3.05, 3.63) is 35.9 Å². The summed E-state index contributed by atoms with van der Waals surface area (Å²) in [4.78, 5) is 12.0. The maximum atomic E-state index is 12.0. The van der Waals surface area contributed by atoms with Gasteiger partial charge in [-0.3, -0.25) is 4.79 Å². The quantitative estimate of drug-likeness (QED) is 0.798. The standard InChI is InChI=1S/C18H27NO/c1-3-8-15(2)13-17(20)19-14-18(11-7-12-18)16-9-5-4-6-10-16/h4-6,9-10,15H,3,7-8,11-14H2,1-2H3,(H,19,20). The lowest BCUT2D eigenvalue weighted by molar-refractivity contribution is -0.122. The summed E-state index contributed by atoms with van der Waals surface area (Å²) in [6.45, 7) is 5.14. The van der Waals surface area contributed by atoms with Crippen molar-refractivity contribution in [2.24, 2.45) is 5.92 Å². The molecule has 0 aliphatic heterocycles. The minimum absolute atomic E-state index is 0.199. The van der Waals surface area contributed by atoms with E-state index >= 15 is 0 Å². The summed E-state index contributed by atoms with van der Waals surface area (Å²) < 4.78 is 0. The van der Waals surface area contributed by atoms with Crippen LogP contribution in [0.3, 0.4) is 0 Å². The van der Waals surface area contributed by atoms with Crippen LogP contribution in [0.15, 0.2) is 30.3 Å². The first-order valence-corrected chi connectivity index (χ1v) is 7.98. The molecule has 0 bridgehead atoms.